The molecular formula is C7H15N3S. The lowest BCUT2D eigenvalue weighted by Crippen LogP contribution is -2.06. The van der Waals surface area contributed by atoms with E-state index < -0.39 is 0 Å². The lowest BCUT2D eigenvalue weighted by molar-refractivity contribution is 0.870. The third-order valence-corrected chi connectivity index (χ3v) is 1.85. The van der Waals surface area contributed by atoms with E-state index in [9.17, 15) is 0 Å². The van der Waals surface area contributed by atoms with E-state index in [0.29, 0.717) is 11.1 Å². The average Bonchev–Trinajstić information content (AvgIpc) is 1.99. The Hall–Kier alpha value is -0.510. The smallest absolute Gasteiger partial charge is 0.180 e. The molecular weight excluding hydrogens is 158 g/mol. The quantitative estimate of drug-likeness (QED) is 0.392. The Morgan fingerprint density at radius 1 is 1.36 bits per heavy atom. The molecule has 0 spiro atoms. The molecule has 0 radical (unpaired) electrons. The molecule has 0 rings (SSSR count). The van der Waals surface area contributed by atoms with Crippen molar-refractivity contribution in [3.05, 3.63) is 0 Å². The van der Waals surface area contributed by atoms with E-state index in [1.165, 1.54) is 11.8 Å². The van der Waals surface area contributed by atoms with Crippen LogP contribution < -0.4 is 5.73 Å². The maximum Gasteiger partial charge on any atom is 0.180 e. The summed E-state index contributed by atoms with van der Waals surface area (Å²) in [5, 5.41) is 8.27. The zero-order chi connectivity index (χ0) is 8.85. The summed E-state index contributed by atoms with van der Waals surface area (Å²) in [6.45, 7) is 6.09. The number of thioether (sulfide) groups is 1. The third-order valence-electron chi connectivity index (χ3n) is 1.35. The van der Waals surface area contributed by atoms with E-state index in [2.05, 4.69) is 24.1 Å². The highest BCUT2D eigenvalue weighted by Gasteiger charge is 1.96. The Morgan fingerprint density at radius 3 is 2.27 bits per heavy atom. The van der Waals surface area contributed by atoms with Crippen molar-refractivity contribution in [2.24, 2.45) is 21.9 Å². The van der Waals surface area contributed by atoms with Crippen LogP contribution >= 0.6 is 11.8 Å². The van der Waals surface area contributed by atoms with Crippen LogP contribution in [0, 0.1) is 5.92 Å². The van der Waals surface area contributed by atoms with Crippen LogP contribution in [0.1, 0.15) is 20.8 Å². The molecule has 0 fully saturated rings. The van der Waals surface area contributed by atoms with Crippen molar-refractivity contribution in [3.8, 4) is 0 Å². The second kappa shape index (κ2) is 5.18. The van der Waals surface area contributed by atoms with Crippen LogP contribution in [0.2, 0.25) is 0 Å². The largest absolute Gasteiger partial charge is 0.377 e. The van der Waals surface area contributed by atoms with Gasteiger partial charge in [0, 0.05) is 5.71 Å². The van der Waals surface area contributed by atoms with E-state index in [4.69, 9.17) is 5.73 Å². The maximum absolute atomic E-state index is 5.43. The Bertz CT molecular complexity index is 173. The highest BCUT2D eigenvalue weighted by Crippen LogP contribution is 1.98. The number of nitrogens with zero attached hydrogens (tertiary/aromatic N) is 2. The minimum absolute atomic E-state index is 0.438. The molecule has 0 aliphatic carbocycles. The van der Waals surface area contributed by atoms with Gasteiger partial charge < -0.3 is 5.73 Å². The van der Waals surface area contributed by atoms with Crippen molar-refractivity contribution in [3.63, 3.8) is 0 Å². The van der Waals surface area contributed by atoms with E-state index >= 15 is 0 Å². The maximum atomic E-state index is 5.43. The van der Waals surface area contributed by atoms with Gasteiger partial charge in [0.1, 0.15) is 0 Å². The summed E-state index contributed by atoms with van der Waals surface area (Å²) in [6.07, 6.45) is 1.87. The van der Waals surface area contributed by atoms with Crippen LogP contribution in [0.25, 0.3) is 0 Å². The zero-order valence-corrected chi connectivity index (χ0v) is 8.27. The standard InChI is InChI=1S/C7H15N3S/c1-5(2)6(3)9-10-7(8)11-4/h5H,1-4H3,(H2,8,10)/b9-6+. The average molecular weight is 173 g/mol. The molecule has 0 unspecified atom stereocenters. The Morgan fingerprint density at radius 2 is 1.91 bits per heavy atom. The second-order valence-electron chi connectivity index (χ2n) is 2.54. The molecule has 0 amide bonds. The lowest BCUT2D eigenvalue weighted by Gasteiger charge is -1.99. The van der Waals surface area contributed by atoms with Gasteiger partial charge in [0.15, 0.2) is 5.17 Å². The van der Waals surface area contributed by atoms with Gasteiger partial charge in [-0.1, -0.05) is 25.6 Å². The normalized spacial score (nSPS) is 14.3. The van der Waals surface area contributed by atoms with E-state index in [0.717, 1.165) is 5.71 Å². The summed E-state index contributed by atoms with van der Waals surface area (Å²) in [5.74, 6) is 0.438. The van der Waals surface area contributed by atoms with Crippen LogP contribution in [-0.4, -0.2) is 17.1 Å². The van der Waals surface area contributed by atoms with Crippen LogP contribution in [0.5, 0.6) is 0 Å². The van der Waals surface area contributed by atoms with Crippen LogP contribution in [0.3, 0.4) is 0 Å². The fourth-order valence-electron chi connectivity index (χ4n) is 0.284. The monoisotopic (exact) mass is 173 g/mol. The van der Waals surface area contributed by atoms with E-state index in [1.54, 1.807) is 0 Å². The molecule has 0 heterocycles. The third kappa shape index (κ3) is 4.84. The zero-order valence-electron chi connectivity index (χ0n) is 7.46. The summed E-state index contributed by atoms with van der Waals surface area (Å²) in [6, 6.07) is 0. The number of amidine groups is 1. The topological polar surface area (TPSA) is 50.7 Å². The second-order valence-corrected chi connectivity index (χ2v) is 3.36. The molecule has 0 saturated heterocycles. The fourth-order valence-corrected chi connectivity index (χ4v) is 0.407. The molecule has 0 atom stereocenters. The number of hydrogen-bond donors (Lipinski definition) is 1. The lowest BCUT2D eigenvalue weighted by atomic mass is 10.1. The molecule has 0 aromatic heterocycles. The van der Waals surface area contributed by atoms with Gasteiger partial charge in [0.25, 0.3) is 0 Å². The van der Waals surface area contributed by atoms with Gasteiger partial charge >= 0.3 is 0 Å². The van der Waals surface area contributed by atoms with E-state index in [1.807, 2.05) is 13.2 Å². The molecule has 0 saturated carbocycles. The first-order valence-corrected chi connectivity index (χ1v) is 4.72. The SMILES string of the molecule is CS/C(N)=N\N=C(/C)C(C)C. The summed E-state index contributed by atoms with van der Waals surface area (Å²) in [7, 11) is 0. The molecule has 0 aromatic carbocycles. The van der Waals surface area contributed by atoms with Gasteiger partial charge in [-0.25, -0.2) is 0 Å². The fraction of sp³-hybridized carbons (Fsp3) is 0.714. The van der Waals surface area contributed by atoms with Crippen molar-refractivity contribution in [1.82, 2.24) is 0 Å². The molecule has 3 nitrogen and oxygen atoms in total. The number of rotatable bonds is 2. The number of hydrogen-bond acceptors (Lipinski definition) is 3. The van der Waals surface area contributed by atoms with Crippen molar-refractivity contribution in [1.29, 1.82) is 0 Å². The van der Waals surface area contributed by atoms with Gasteiger partial charge in [0.05, 0.1) is 0 Å². The van der Waals surface area contributed by atoms with Gasteiger partial charge in [0.2, 0.25) is 0 Å². The molecule has 4 heteroatoms. The summed E-state index contributed by atoms with van der Waals surface area (Å²) in [5.41, 5.74) is 6.43. The van der Waals surface area contributed by atoms with Crippen molar-refractivity contribution < 1.29 is 0 Å². The van der Waals surface area contributed by atoms with Crippen LogP contribution in [-0.2, 0) is 0 Å². The first kappa shape index (κ1) is 10.5. The summed E-state index contributed by atoms with van der Waals surface area (Å²) >= 11 is 1.40. The first-order valence-electron chi connectivity index (χ1n) is 3.49. The predicted molar refractivity (Wildman–Crippen MR) is 53.1 cm³/mol. The van der Waals surface area contributed by atoms with Crippen LogP contribution in [0.4, 0.5) is 0 Å². The molecule has 0 aliphatic rings. The molecule has 64 valence electrons. The molecule has 0 aliphatic heterocycles. The Labute approximate surface area is 72.2 Å². The highest BCUT2D eigenvalue weighted by molar-refractivity contribution is 8.13. The molecule has 11 heavy (non-hydrogen) atoms. The van der Waals surface area contributed by atoms with E-state index in [-0.39, 0.29) is 0 Å². The van der Waals surface area contributed by atoms with Gasteiger partial charge in [-0.15, -0.1) is 5.10 Å². The molecule has 0 bridgehead atoms. The summed E-state index contributed by atoms with van der Waals surface area (Å²) < 4.78 is 0. The Balaban J connectivity index is 4.11. The van der Waals surface area contributed by atoms with Crippen molar-refractivity contribution >= 4 is 22.6 Å². The highest BCUT2D eigenvalue weighted by atomic mass is 32.2. The molecule has 0 aromatic rings. The Kier molecular flexibility index (Phi) is 4.94. The summed E-state index contributed by atoms with van der Waals surface area (Å²) in [4.78, 5) is 0. The predicted octanol–water partition coefficient (Wildman–Crippen LogP) is 1.70. The van der Waals surface area contributed by atoms with Gasteiger partial charge in [-0.05, 0) is 19.1 Å². The first-order chi connectivity index (χ1) is 5.07. The van der Waals surface area contributed by atoms with Crippen LogP contribution in [0.15, 0.2) is 10.2 Å². The van der Waals surface area contributed by atoms with Gasteiger partial charge in [-0.2, -0.15) is 5.10 Å². The number of nitrogens with two attached hydrogens (primary N) is 1. The minimum Gasteiger partial charge on any atom is -0.377 e. The minimum atomic E-state index is 0.438. The van der Waals surface area contributed by atoms with Gasteiger partial charge in [-0.3, -0.25) is 0 Å². The molecule has 2 N–H and O–H groups in total. The van der Waals surface area contributed by atoms with Crippen molar-refractivity contribution in [2.75, 3.05) is 6.26 Å². The van der Waals surface area contributed by atoms with Crippen molar-refractivity contribution in [2.45, 2.75) is 20.8 Å².